The maximum atomic E-state index is 13.6. The molecule has 1 aromatic carbocycles. The van der Waals surface area contributed by atoms with Gasteiger partial charge in [-0.05, 0) is 23.8 Å². The highest BCUT2D eigenvalue weighted by molar-refractivity contribution is 6.09. The van der Waals surface area contributed by atoms with Crippen molar-refractivity contribution in [2.24, 2.45) is 7.05 Å². The van der Waals surface area contributed by atoms with Gasteiger partial charge in [-0.25, -0.2) is 22.7 Å². The number of amides is 1. The predicted octanol–water partition coefficient (Wildman–Crippen LogP) is 3.88. The van der Waals surface area contributed by atoms with Crippen molar-refractivity contribution >= 4 is 17.2 Å². The number of nitrogens with one attached hydrogen (secondary N) is 1. The second-order valence-corrected chi connectivity index (χ2v) is 7.05. The largest absolute Gasteiger partial charge is 0.460 e. The number of aromatic nitrogens is 5. The number of aryl methyl sites for hydroxylation is 1. The molecule has 8 nitrogen and oxygen atoms in total. The molecule has 0 aliphatic carbocycles. The van der Waals surface area contributed by atoms with Crippen LogP contribution in [0.3, 0.4) is 0 Å². The summed E-state index contributed by atoms with van der Waals surface area (Å²) in [6.07, 6.45) is 1.46. The number of fused-ring (bicyclic) bond motifs is 1. The van der Waals surface area contributed by atoms with Crippen molar-refractivity contribution in [1.82, 2.24) is 24.4 Å². The van der Waals surface area contributed by atoms with E-state index in [0.29, 0.717) is 16.9 Å². The van der Waals surface area contributed by atoms with Crippen molar-refractivity contribution in [3.63, 3.8) is 0 Å². The van der Waals surface area contributed by atoms with E-state index in [1.807, 2.05) is 0 Å². The quantitative estimate of drug-likeness (QED) is 0.468. The zero-order valence-corrected chi connectivity index (χ0v) is 17.2. The molecule has 1 unspecified atom stereocenters. The predicted molar refractivity (Wildman–Crippen MR) is 110 cm³/mol. The molecule has 32 heavy (non-hydrogen) atoms. The van der Waals surface area contributed by atoms with Gasteiger partial charge in [0.2, 0.25) is 12.8 Å². The smallest absolute Gasteiger partial charge is 0.261 e. The summed E-state index contributed by atoms with van der Waals surface area (Å²) in [6.45, 7) is 1.20. The summed E-state index contributed by atoms with van der Waals surface area (Å²) >= 11 is 0. The maximum absolute atomic E-state index is 13.6. The molecule has 0 radical (unpaired) electrons. The standard InChI is InChI=1S/C21H19F3N6O2/c1-12(22)32-17-5-4-13(9-18(23)24)8-14(17)19-16(11-29(2)28-19)27-21(31)15-10-26-30-7-3-6-25-20(15)30/h3-8,10-12,18H,9H2,1-2H3,(H,27,31). The van der Waals surface area contributed by atoms with E-state index in [-0.39, 0.29) is 22.6 Å². The average Bonchev–Trinajstić information content (AvgIpc) is 3.31. The number of anilines is 1. The minimum atomic E-state index is -2.55. The molecule has 0 spiro atoms. The molecule has 0 saturated carbocycles. The Hall–Kier alpha value is -3.89. The van der Waals surface area contributed by atoms with Crippen LogP contribution in [0.2, 0.25) is 0 Å². The van der Waals surface area contributed by atoms with Crippen molar-refractivity contribution in [3.8, 4) is 17.0 Å². The number of hydrogen-bond acceptors (Lipinski definition) is 5. The first-order valence-corrected chi connectivity index (χ1v) is 9.67. The second-order valence-electron chi connectivity index (χ2n) is 7.05. The number of benzene rings is 1. The van der Waals surface area contributed by atoms with E-state index in [0.717, 1.165) is 0 Å². The Morgan fingerprint density at radius 1 is 1.28 bits per heavy atom. The maximum Gasteiger partial charge on any atom is 0.261 e. The van der Waals surface area contributed by atoms with Crippen LogP contribution in [0.1, 0.15) is 22.8 Å². The summed E-state index contributed by atoms with van der Waals surface area (Å²) in [6, 6.07) is 6.00. The summed E-state index contributed by atoms with van der Waals surface area (Å²) < 4.78 is 47.6. The average molecular weight is 444 g/mol. The molecule has 166 valence electrons. The number of carbonyl (C=O) groups excluding carboxylic acids is 1. The molecule has 4 rings (SSSR count). The molecule has 0 fully saturated rings. The molecule has 0 bridgehead atoms. The monoisotopic (exact) mass is 444 g/mol. The zero-order chi connectivity index (χ0) is 22.8. The molecule has 3 aromatic heterocycles. The van der Waals surface area contributed by atoms with E-state index >= 15 is 0 Å². The zero-order valence-electron chi connectivity index (χ0n) is 17.2. The summed E-state index contributed by atoms with van der Waals surface area (Å²) in [7, 11) is 1.64. The third-order valence-corrected chi connectivity index (χ3v) is 4.58. The molecule has 1 N–H and O–H groups in total. The molecular weight excluding hydrogens is 425 g/mol. The molecular formula is C21H19F3N6O2. The number of rotatable bonds is 7. The van der Waals surface area contributed by atoms with E-state index in [2.05, 4.69) is 20.5 Å². The van der Waals surface area contributed by atoms with Gasteiger partial charge in [-0.3, -0.25) is 9.48 Å². The lowest BCUT2D eigenvalue weighted by Crippen LogP contribution is -2.12. The van der Waals surface area contributed by atoms with Gasteiger partial charge in [0.25, 0.3) is 5.91 Å². The highest BCUT2D eigenvalue weighted by Gasteiger charge is 2.21. The van der Waals surface area contributed by atoms with Crippen molar-refractivity contribution in [1.29, 1.82) is 0 Å². The van der Waals surface area contributed by atoms with E-state index in [9.17, 15) is 18.0 Å². The van der Waals surface area contributed by atoms with Crippen LogP contribution in [0.15, 0.2) is 49.1 Å². The summed E-state index contributed by atoms with van der Waals surface area (Å²) in [5.41, 5.74) is 1.74. The highest BCUT2D eigenvalue weighted by atomic mass is 19.3. The summed E-state index contributed by atoms with van der Waals surface area (Å²) in [4.78, 5) is 17.1. The molecule has 11 heteroatoms. The van der Waals surface area contributed by atoms with Crippen LogP contribution < -0.4 is 10.1 Å². The molecule has 0 saturated heterocycles. The lowest BCUT2D eigenvalue weighted by atomic mass is 10.0. The number of ether oxygens (including phenoxy) is 1. The summed E-state index contributed by atoms with van der Waals surface area (Å²) in [5, 5.41) is 11.2. The Labute approximate surface area is 180 Å². The van der Waals surface area contributed by atoms with Gasteiger partial charge in [0.1, 0.15) is 17.0 Å². The topological polar surface area (TPSA) is 86.3 Å². The number of halogens is 3. The van der Waals surface area contributed by atoms with Crippen LogP contribution in [0.4, 0.5) is 18.9 Å². The van der Waals surface area contributed by atoms with Gasteiger partial charge in [0.05, 0.1) is 11.9 Å². The van der Waals surface area contributed by atoms with Gasteiger partial charge in [0.15, 0.2) is 5.65 Å². The minimum Gasteiger partial charge on any atom is -0.460 e. The van der Waals surface area contributed by atoms with Gasteiger partial charge in [0, 0.05) is 44.5 Å². The van der Waals surface area contributed by atoms with E-state index in [4.69, 9.17) is 4.74 Å². The van der Waals surface area contributed by atoms with Gasteiger partial charge < -0.3 is 10.1 Å². The van der Waals surface area contributed by atoms with Crippen molar-refractivity contribution in [2.45, 2.75) is 26.1 Å². The summed E-state index contributed by atoms with van der Waals surface area (Å²) in [5.74, 6) is -0.372. The Balaban J connectivity index is 1.73. The Bertz CT molecular complexity index is 1270. The molecule has 0 aliphatic heterocycles. The first kappa shape index (κ1) is 21.3. The van der Waals surface area contributed by atoms with Crippen molar-refractivity contribution < 1.29 is 22.7 Å². The number of alkyl halides is 3. The van der Waals surface area contributed by atoms with Crippen LogP contribution >= 0.6 is 0 Å². The first-order valence-electron chi connectivity index (χ1n) is 9.67. The lowest BCUT2D eigenvalue weighted by Gasteiger charge is -2.14. The van der Waals surface area contributed by atoms with Crippen molar-refractivity contribution in [2.75, 3.05) is 5.32 Å². The van der Waals surface area contributed by atoms with Gasteiger partial charge >= 0.3 is 0 Å². The third kappa shape index (κ3) is 4.41. The Morgan fingerprint density at radius 2 is 2.09 bits per heavy atom. The molecule has 3 heterocycles. The van der Waals surface area contributed by atoms with E-state index in [1.54, 1.807) is 31.7 Å². The van der Waals surface area contributed by atoms with Crippen LogP contribution in [0.25, 0.3) is 16.9 Å². The normalized spacial score (nSPS) is 12.3. The molecule has 4 aromatic rings. The van der Waals surface area contributed by atoms with Crippen LogP contribution in [0.5, 0.6) is 5.75 Å². The molecule has 0 aliphatic rings. The van der Waals surface area contributed by atoms with Crippen LogP contribution in [-0.2, 0) is 13.5 Å². The van der Waals surface area contributed by atoms with Gasteiger partial charge in [-0.1, -0.05) is 6.07 Å². The van der Waals surface area contributed by atoms with Gasteiger partial charge in [-0.15, -0.1) is 0 Å². The number of hydrogen-bond donors (Lipinski definition) is 1. The van der Waals surface area contributed by atoms with Crippen LogP contribution in [-0.4, -0.2) is 43.1 Å². The lowest BCUT2D eigenvalue weighted by molar-refractivity contribution is 0.0865. The fourth-order valence-corrected chi connectivity index (χ4v) is 3.30. The Morgan fingerprint density at radius 3 is 2.84 bits per heavy atom. The van der Waals surface area contributed by atoms with Crippen LogP contribution in [0, 0.1) is 0 Å². The van der Waals surface area contributed by atoms with E-state index < -0.39 is 25.1 Å². The fourth-order valence-electron chi connectivity index (χ4n) is 3.30. The third-order valence-electron chi connectivity index (χ3n) is 4.58. The number of nitrogens with zero attached hydrogens (tertiary/aromatic N) is 5. The van der Waals surface area contributed by atoms with E-state index in [1.165, 1.54) is 40.5 Å². The second kappa shape index (κ2) is 8.69. The highest BCUT2D eigenvalue weighted by Crippen LogP contribution is 2.36. The SMILES string of the molecule is CC(F)Oc1ccc(CC(F)F)cc1-c1nn(C)cc1NC(=O)c1cnn2cccnc12. The number of carbonyl (C=O) groups is 1. The first-order chi connectivity index (χ1) is 15.3. The fraction of sp³-hybridized carbons (Fsp3) is 0.238. The molecule has 1 atom stereocenters. The van der Waals surface area contributed by atoms with Gasteiger partial charge in [-0.2, -0.15) is 10.2 Å². The Kier molecular flexibility index (Phi) is 5.80. The van der Waals surface area contributed by atoms with Crippen molar-refractivity contribution in [3.05, 3.63) is 60.2 Å². The molecule has 1 amide bonds. The minimum absolute atomic E-state index is 0.116.